The summed E-state index contributed by atoms with van der Waals surface area (Å²) in [6.45, 7) is 0. The Kier molecular flexibility index (Phi) is 2.80. The highest BCUT2D eigenvalue weighted by atomic mass is 35.5. The first-order valence-electron chi connectivity index (χ1n) is 5.80. The molecule has 1 aliphatic rings. The van der Waals surface area contributed by atoms with Gasteiger partial charge in [-0.2, -0.15) is 5.10 Å². The topological polar surface area (TPSA) is 57.8 Å². The number of carbonyl (C=O) groups is 1. The SMILES string of the molecule is O=C(NC1CC1c1cccc(Cl)c1)c1ccn[nH]1. The molecule has 2 atom stereocenters. The van der Waals surface area contributed by atoms with Gasteiger partial charge in [0.2, 0.25) is 0 Å². The van der Waals surface area contributed by atoms with Crippen LogP contribution < -0.4 is 5.32 Å². The molecule has 2 aromatic rings. The maximum absolute atomic E-state index is 11.8. The van der Waals surface area contributed by atoms with Crippen molar-refractivity contribution in [1.82, 2.24) is 15.5 Å². The number of nitrogens with zero attached hydrogens (tertiary/aromatic N) is 1. The molecule has 0 spiro atoms. The Balaban J connectivity index is 1.63. The third-order valence-electron chi connectivity index (χ3n) is 3.13. The average Bonchev–Trinajstić information content (AvgIpc) is 2.91. The van der Waals surface area contributed by atoms with Crippen molar-refractivity contribution in [2.75, 3.05) is 0 Å². The maximum Gasteiger partial charge on any atom is 0.269 e. The van der Waals surface area contributed by atoms with E-state index in [1.807, 2.05) is 24.3 Å². The highest BCUT2D eigenvalue weighted by molar-refractivity contribution is 6.30. The number of halogens is 1. The van der Waals surface area contributed by atoms with Gasteiger partial charge in [-0.3, -0.25) is 9.89 Å². The lowest BCUT2D eigenvalue weighted by Gasteiger charge is -2.03. The van der Waals surface area contributed by atoms with E-state index in [9.17, 15) is 4.79 Å². The fourth-order valence-corrected chi connectivity index (χ4v) is 2.29. The zero-order chi connectivity index (χ0) is 12.5. The maximum atomic E-state index is 11.8. The number of rotatable bonds is 3. The third-order valence-corrected chi connectivity index (χ3v) is 3.36. The van der Waals surface area contributed by atoms with E-state index in [0.717, 1.165) is 11.4 Å². The minimum Gasteiger partial charge on any atom is -0.347 e. The van der Waals surface area contributed by atoms with Gasteiger partial charge in [-0.15, -0.1) is 0 Å². The van der Waals surface area contributed by atoms with Gasteiger partial charge in [0, 0.05) is 23.2 Å². The predicted octanol–water partition coefficient (Wildman–Crippen LogP) is 2.35. The second kappa shape index (κ2) is 4.46. The molecule has 0 bridgehead atoms. The number of hydrogen-bond acceptors (Lipinski definition) is 2. The summed E-state index contributed by atoms with van der Waals surface area (Å²) in [5, 5.41) is 10.1. The second-order valence-electron chi connectivity index (χ2n) is 4.45. The summed E-state index contributed by atoms with van der Waals surface area (Å²) in [6, 6.07) is 9.63. The Labute approximate surface area is 109 Å². The van der Waals surface area contributed by atoms with Gasteiger partial charge >= 0.3 is 0 Å². The molecular formula is C13H12ClN3O. The van der Waals surface area contributed by atoms with Crippen molar-refractivity contribution in [2.24, 2.45) is 0 Å². The van der Waals surface area contributed by atoms with Gasteiger partial charge in [0.05, 0.1) is 0 Å². The van der Waals surface area contributed by atoms with Crippen LogP contribution in [0.3, 0.4) is 0 Å². The predicted molar refractivity (Wildman–Crippen MR) is 68.7 cm³/mol. The zero-order valence-electron chi connectivity index (χ0n) is 9.56. The fraction of sp³-hybridized carbons (Fsp3) is 0.231. The molecule has 0 saturated heterocycles. The van der Waals surface area contributed by atoms with Crippen LogP contribution in [0.4, 0.5) is 0 Å². The highest BCUT2D eigenvalue weighted by Crippen LogP contribution is 2.41. The summed E-state index contributed by atoms with van der Waals surface area (Å²) in [5.74, 6) is 0.262. The number of amides is 1. The number of benzene rings is 1. The number of aromatic amines is 1. The van der Waals surface area contributed by atoms with Crippen LogP contribution in [0.2, 0.25) is 5.02 Å². The van der Waals surface area contributed by atoms with Crippen molar-refractivity contribution in [2.45, 2.75) is 18.4 Å². The van der Waals surface area contributed by atoms with E-state index in [1.54, 1.807) is 12.3 Å². The molecule has 4 nitrogen and oxygen atoms in total. The normalized spacial score (nSPS) is 21.6. The molecule has 92 valence electrons. The lowest BCUT2D eigenvalue weighted by Crippen LogP contribution is -2.26. The van der Waals surface area contributed by atoms with Gasteiger partial charge in [-0.25, -0.2) is 0 Å². The zero-order valence-corrected chi connectivity index (χ0v) is 10.3. The highest BCUT2D eigenvalue weighted by Gasteiger charge is 2.39. The van der Waals surface area contributed by atoms with Gasteiger partial charge in [0.15, 0.2) is 0 Å². The Hall–Kier alpha value is -1.81. The molecule has 1 fully saturated rings. The first-order valence-corrected chi connectivity index (χ1v) is 6.17. The van der Waals surface area contributed by atoms with Crippen LogP contribution in [-0.2, 0) is 0 Å². The van der Waals surface area contributed by atoms with Gasteiger partial charge in [0.25, 0.3) is 5.91 Å². The molecule has 3 rings (SSSR count). The van der Waals surface area contributed by atoms with Crippen molar-refractivity contribution in [3.63, 3.8) is 0 Å². The molecule has 1 heterocycles. The Morgan fingerprint density at radius 3 is 3.06 bits per heavy atom. The molecule has 0 aliphatic heterocycles. The minimum absolute atomic E-state index is 0.109. The van der Waals surface area contributed by atoms with Crippen LogP contribution in [0.15, 0.2) is 36.5 Å². The summed E-state index contributed by atoms with van der Waals surface area (Å²) >= 11 is 5.95. The monoisotopic (exact) mass is 261 g/mol. The first-order chi connectivity index (χ1) is 8.74. The summed E-state index contributed by atoms with van der Waals surface area (Å²) < 4.78 is 0. The lowest BCUT2D eigenvalue weighted by atomic mass is 10.1. The number of H-pyrrole nitrogens is 1. The molecular weight excluding hydrogens is 250 g/mol. The van der Waals surface area contributed by atoms with Gasteiger partial charge in [0.1, 0.15) is 5.69 Å². The van der Waals surface area contributed by atoms with E-state index in [1.165, 1.54) is 5.56 Å². The quantitative estimate of drug-likeness (QED) is 0.891. The van der Waals surface area contributed by atoms with E-state index in [0.29, 0.717) is 11.6 Å². The second-order valence-corrected chi connectivity index (χ2v) is 4.88. The van der Waals surface area contributed by atoms with Crippen LogP contribution in [0, 0.1) is 0 Å². The summed E-state index contributed by atoms with van der Waals surface area (Å²) in [4.78, 5) is 11.8. The Bertz CT molecular complexity index is 567. The Morgan fingerprint density at radius 1 is 1.44 bits per heavy atom. The Morgan fingerprint density at radius 2 is 2.33 bits per heavy atom. The van der Waals surface area contributed by atoms with E-state index in [-0.39, 0.29) is 11.9 Å². The molecule has 0 radical (unpaired) electrons. The van der Waals surface area contributed by atoms with Crippen molar-refractivity contribution < 1.29 is 4.79 Å². The summed E-state index contributed by atoms with van der Waals surface area (Å²) in [6.07, 6.45) is 2.52. The minimum atomic E-state index is -0.109. The standard InChI is InChI=1S/C13H12ClN3O/c14-9-3-1-2-8(6-9)10-7-12(10)16-13(18)11-4-5-15-17-11/h1-6,10,12H,7H2,(H,15,17)(H,16,18). The fourth-order valence-electron chi connectivity index (χ4n) is 2.09. The molecule has 1 amide bonds. The van der Waals surface area contributed by atoms with Crippen LogP contribution in [-0.4, -0.2) is 22.1 Å². The molecule has 1 saturated carbocycles. The van der Waals surface area contributed by atoms with Crippen LogP contribution in [0.1, 0.15) is 28.4 Å². The number of nitrogens with one attached hydrogen (secondary N) is 2. The molecule has 1 aliphatic carbocycles. The lowest BCUT2D eigenvalue weighted by molar-refractivity contribution is 0.0945. The molecule has 2 N–H and O–H groups in total. The van der Waals surface area contributed by atoms with Gasteiger partial charge in [-0.05, 0) is 30.2 Å². The van der Waals surface area contributed by atoms with Crippen molar-refractivity contribution in [1.29, 1.82) is 0 Å². The van der Waals surface area contributed by atoms with Crippen LogP contribution in [0.25, 0.3) is 0 Å². The van der Waals surface area contributed by atoms with Crippen LogP contribution in [0.5, 0.6) is 0 Å². The molecule has 18 heavy (non-hydrogen) atoms. The summed E-state index contributed by atoms with van der Waals surface area (Å²) in [5.41, 5.74) is 1.67. The van der Waals surface area contributed by atoms with E-state index in [4.69, 9.17) is 11.6 Å². The summed E-state index contributed by atoms with van der Waals surface area (Å²) in [7, 11) is 0. The van der Waals surface area contributed by atoms with E-state index >= 15 is 0 Å². The third kappa shape index (κ3) is 2.24. The average molecular weight is 262 g/mol. The molecule has 1 aromatic carbocycles. The molecule has 2 unspecified atom stereocenters. The number of aromatic nitrogens is 2. The van der Waals surface area contributed by atoms with E-state index < -0.39 is 0 Å². The first kappa shape index (κ1) is 11.3. The molecule has 1 aromatic heterocycles. The van der Waals surface area contributed by atoms with Crippen molar-refractivity contribution in [3.8, 4) is 0 Å². The van der Waals surface area contributed by atoms with Gasteiger partial charge in [-0.1, -0.05) is 23.7 Å². The van der Waals surface area contributed by atoms with Gasteiger partial charge < -0.3 is 5.32 Å². The smallest absolute Gasteiger partial charge is 0.269 e. The number of hydrogen-bond donors (Lipinski definition) is 2. The van der Waals surface area contributed by atoms with Crippen LogP contribution >= 0.6 is 11.6 Å². The molecule has 5 heteroatoms. The van der Waals surface area contributed by atoms with Crippen molar-refractivity contribution >= 4 is 17.5 Å². The van der Waals surface area contributed by atoms with E-state index in [2.05, 4.69) is 15.5 Å². The van der Waals surface area contributed by atoms with Crippen molar-refractivity contribution in [3.05, 3.63) is 52.8 Å². The number of carbonyl (C=O) groups excluding carboxylic acids is 1. The largest absolute Gasteiger partial charge is 0.347 e.